The van der Waals surface area contributed by atoms with Crippen molar-refractivity contribution in [2.24, 2.45) is 7.05 Å². The molecule has 0 saturated heterocycles. The number of methoxy groups -OCH3 is 1. The van der Waals surface area contributed by atoms with Gasteiger partial charge in [-0.2, -0.15) is 0 Å². The number of tetrazole rings is 1. The SMILES string of the molecule is COCCN(CCO)c1nnnn1C. The molecule has 0 fully saturated rings. The Kier molecular flexibility index (Phi) is 4.27. The standard InChI is InChI=1S/C7H15N5O2/c1-11-7(8-9-10-11)12(3-5-13)4-6-14-2/h13H,3-6H2,1-2H3. The number of aliphatic hydroxyl groups excluding tert-OH is 1. The van der Waals surface area contributed by atoms with Gasteiger partial charge in [-0.25, -0.2) is 4.68 Å². The van der Waals surface area contributed by atoms with Crippen LogP contribution in [-0.2, 0) is 11.8 Å². The zero-order valence-electron chi connectivity index (χ0n) is 8.42. The fraction of sp³-hybridized carbons (Fsp3) is 0.857. The number of ether oxygens (including phenoxy) is 1. The molecule has 0 atom stereocenters. The van der Waals surface area contributed by atoms with E-state index in [-0.39, 0.29) is 6.61 Å². The maximum atomic E-state index is 8.87. The minimum absolute atomic E-state index is 0.0660. The van der Waals surface area contributed by atoms with Crippen molar-refractivity contribution in [3.8, 4) is 0 Å². The van der Waals surface area contributed by atoms with Crippen molar-refractivity contribution in [1.29, 1.82) is 0 Å². The molecule has 0 amide bonds. The molecular formula is C7H15N5O2. The normalized spacial score (nSPS) is 10.5. The molecule has 1 aromatic rings. The van der Waals surface area contributed by atoms with Gasteiger partial charge in [-0.3, -0.25) is 0 Å². The summed E-state index contributed by atoms with van der Waals surface area (Å²) in [7, 11) is 3.39. The second-order valence-electron chi connectivity index (χ2n) is 2.81. The third-order valence-corrected chi connectivity index (χ3v) is 1.82. The van der Waals surface area contributed by atoms with Gasteiger partial charge >= 0.3 is 0 Å². The Hall–Kier alpha value is -1.21. The van der Waals surface area contributed by atoms with Crippen molar-refractivity contribution >= 4 is 5.95 Å². The third kappa shape index (κ3) is 2.64. The lowest BCUT2D eigenvalue weighted by atomic mass is 10.5. The Bertz CT molecular complexity index is 264. The van der Waals surface area contributed by atoms with Crippen LogP contribution >= 0.6 is 0 Å². The maximum Gasteiger partial charge on any atom is 0.245 e. The molecule has 0 aromatic carbocycles. The van der Waals surface area contributed by atoms with Crippen LogP contribution in [0.3, 0.4) is 0 Å². The molecule has 1 N–H and O–H groups in total. The van der Waals surface area contributed by atoms with E-state index in [1.807, 2.05) is 4.90 Å². The van der Waals surface area contributed by atoms with Gasteiger partial charge in [0, 0.05) is 27.2 Å². The predicted octanol–water partition coefficient (Wildman–Crippen LogP) is -1.34. The fourth-order valence-electron chi connectivity index (χ4n) is 1.13. The van der Waals surface area contributed by atoms with E-state index in [9.17, 15) is 0 Å². The molecule has 1 aromatic heterocycles. The van der Waals surface area contributed by atoms with Crippen LogP contribution in [0.5, 0.6) is 0 Å². The summed E-state index contributed by atoms with van der Waals surface area (Å²) in [6, 6.07) is 0. The maximum absolute atomic E-state index is 8.87. The van der Waals surface area contributed by atoms with Gasteiger partial charge in [-0.1, -0.05) is 5.10 Å². The molecule has 7 heteroatoms. The van der Waals surface area contributed by atoms with E-state index in [0.717, 1.165) is 0 Å². The van der Waals surface area contributed by atoms with Gasteiger partial charge in [-0.05, 0) is 10.4 Å². The molecule has 0 unspecified atom stereocenters. The molecule has 0 aliphatic heterocycles. The minimum Gasteiger partial charge on any atom is -0.395 e. The molecule has 0 bridgehead atoms. The molecule has 0 aliphatic carbocycles. The van der Waals surface area contributed by atoms with Gasteiger partial charge in [-0.15, -0.1) is 0 Å². The largest absolute Gasteiger partial charge is 0.395 e. The monoisotopic (exact) mass is 201 g/mol. The zero-order valence-corrected chi connectivity index (χ0v) is 8.42. The average Bonchev–Trinajstić information content (AvgIpc) is 2.59. The Morgan fingerprint density at radius 1 is 1.50 bits per heavy atom. The summed E-state index contributed by atoms with van der Waals surface area (Å²) in [6.07, 6.45) is 0. The van der Waals surface area contributed by atoms with Crippen molar-refractivity contribution in [3.63, 3.8) is 0 Å². The topological polar surface area (TPSA) is 76.3 Å². The molecule has 14 heavy (non-hydrogen) atoms. The predicted molar refractivity (Wildman–Crippen MR) is 50.0 cm³/mol. The number of rotatable bonds is 6. The van der Waals surface area contributed by atoms with E-state index in [1.165, 1.54) is 0 Å². The number of aliphatic hydroxyl groups is 1. The highest BCUT2D eigenvalue weighted by Gasteiger charge is 2.11. The van der Waals surface area contributed by atoms with Crippen LogP contribution in [0.4, 0.5) is 5.95 Å². The summed E-state index contributed by atoms with van der Waals surface area (Å²) in [6.45, 7) is 1.80. The lowest BCUT2D eigenvalue weighted by Gasteiger charge is -2.20. The summed E-state index contributed by atoms with van der Waals surface area (Å²) < 4.78 is 6.52. The highest BCUT2D eigenvalue weighted by atomic mass is 16.5. The Labute approximate surface area is 82.3 Å². The highest BCUT2D eigenvalue weighted by molar-refractivity contribution is 5.27. The van der Waals surface area contributed by atoms with E-state index < -0.39 is 0 Å². The Morgan fingerprint density at radius 3 is 2.79 bits per heavy atom. The second-order valence-corrected chi connectivity index (χ2v) is 2.81. The molecule has 80 valence electrons. The molecule has 0 saturated carbocycles. The molecule has 1 heterocycles. The van der Waals surface area contributed by atoms with E-state index >= 15 is 0 Å². The van der Waals surface area contributed by atoms with E-state index in [1.54, 1.807) is 18.8 Å². The minimum atomic E-state index is 0.0660. The zero-order chi connectivity index (χ0) is 10.4. The first-order chi connectivity index (χ1) is 6.79. The Morgan fingerprint density at radius 2 is 2.29 bits per heavy atom. The van der Waals surface area contributed by atoms with Crippen LogP contribution in [0.2, 0.25) is 0 Å². The number of aromatic nitrogens is 4. The molecular weight excluding hydrogens is 186 g/mol. The fourth-order valence-corrected chi connectivity index (χ4v) is 1.13. The lowest BCUT2D eigenvalue weighted by molar-refractivity contribution is 0.202. The van der Waals surface area contributed by atoms with Gasteiger partial charge in [0.15, 0.2) is 0 Å². The van der Waals surface area contributed by atoms with Gasteiger partial charge in [0.05, 0.1) is 13.2 Å². The van der Waals surface area contributed by atoms with Crippen molar-refractivity contribution < 1.29 is 9.84 Å². The summed E-state index contributed by atoms with van der Waals surface area (Å²) in [5.41, 5.74) is 0. The smallest absolute Gasteiger partial charge is 0.245 e. The van der Waals surface area contributed by atoms with E-state index in [2.05, 4.69) is 15.5 Å². The van der Waals surface area contributed by atoms with Crippen molar-refractivity contribution in [3.05, 3.63) is 0 Å². The number of nitrogens with zero attached hydrogens (tertiary/aromatic N) is 5. The van der Waals surface area contributed by atoms with E-state index in [4.69, 9.17) is 9.84 Å². The van der Waals surface area contributed by atoms with Gasteiger partial charge < -0.3 is 14.7 Å². The first-order valence-electron chi connectivity index (χ1n) is 4.36. The van der Waals surface area contributed by atoms with Crippen molar-refractivity contribution in [2.75, 3.05) is 38.3 Å². The molecule has 0 spiro atoms. The molecule has 0 aliphatic rings. The van der Waals surface area contributed by atoms with Crippen LogP contribution < -0.4 is 4.90 Å². The van der Waals surface area contributed by atoms with E-state index in [0.29, 0.717) is 25.6 Å². The van der Waals surface area contributed by atoms with Crippen LogP contribution in [0.1, 0.15) is 0 Å². The van der Waals surface area contributed by atoms with Gasteiger partial charge in [0.25, 0.3) is 0 Å². The van der Waals surface area contributed by atoms with Crippen LogP contribution in [0.25, 0.3) is 0 Å². The summed E-state index contributed by atoms with van der Waals surface area (Å²) in [4.78, 5) is 1.86. The quantitative estimate of drug-likeness (QED) is 0.613. The van der Waals surface area contributed by atoms with Gasteiger partial charge in [0.1, 0.15) is 0 Å². The molecule has 1 rings (SSSR count). The third-order valence-electron chi connectivity index (χ3n) is 1.82. The van der Waals surface area contributed by atoms with Crippen LogP contribution in [0.15, 0.2) is 0 Å². The Balaban J connectivity index is 2.62. The van der Waals surface area contributed by atoms with Crippen LogP contribution in [0, 0.1) is 0 Å². The number of hydrogen-bond donors (Lipinski definition) is 1. The number of hydrogen-bond acceptors (Lipinski definition) is 6. The number of anilines is 1. The molecule has 7 nitrogen and oxygen atoms in total. The summed E-state index contributed by atoms with van der Waals surface area (Å²) in [5.74, 6) is 0.635. The highest BCUT2D eigenvalue weighted by Crippen LogP contribution is 2.05. The molecule has 0 radical (unpaired) electrons. The van der Waals surface area contributed by atoms with Gasteiger partial charge in [0.2, 0.25) is 5.95 Å². The first-order valence-corrected chi connectivity index (χ1v) is 4.36. The summed E-state index contributed by atoms with van der Waals surface area (Å²) >= 11 is 0. The summed E-state index contributed by atoms with van der Waals surface area (Å²) in [5, 5.41) is 20.0. The number of aryl methyl sites for hydroxylation is 1. The first kappa shape index (κ1) is 10.9. The van der Waals surface area contributed by atoms with Crippen molar-refractivity contribution in [1.82, 2.24) is 20.2 Å². The van der Waals surface area contributed by atoms with Crippen molar-refractivity contribution in [2.45, 2.75) is 0 Å². The van der Waals surface area contributed by atoms with Crippen LogP contribution in [-0.4, -0.2) is 58.7 Å². The average molecular weight is 201 g/mol. The lowest BCUT2D eigenvalue weighted by Crippen LogP contribution is -2.32. The second kappa shape index (κ2) is 5.51.